The Labute approximate surface area is 197 Å². The van der Waals surface area contributed by atoms with E-state index in [1.54, 1.807) is 10.6 Å². The normalized spacial score (nSPS) is 16.0. The predicted octanol–water partition coefficient (Wildman–Crippen LogP) is 4.15. The highest BCUT2D eigenvalue weighted by atomic mass is 32.1. The lowest BCUT2D eigenvalue weighted by atomic mass is 10.0. The van der Waals surface area contributed by atoms with Gasteiger partial charge in [0.1, 0.15) is 17.6 Å². The number of aromatic nitrogens is 1. The van der Waals surface area contributed by atoms with Crippen molar-refractivity contribution in [3.05, 3.63) is 107 Å². The Morgan fingerprint density at radius 1 is 1.12 bits per heavy atom. The quantitative estimate of drug-likeness (QED) is 0.482. The summed E-state index contributed by atoms with van der Waals surface area (Å²) in [6.07, 6.45) is 1.73. The van der Waals surface area contributed by atoms with Gasteiger partial charge in [0.25, 0.3) is 11.5 Å². The number of aryl methyl sites for hydroxylation is 2. The third kappa shape index (κ3) is 3.92. The largest absolute Gasteiger partial charge is 0.462 e. The molecule has 0 unspecified atom stereocenters. The molecule has 166 valence electrons. The Morgan fingerprint density at radius 3 is 2.64 bits per heavy atom. The van der Waals surface area contributed by atoms with Crippen LogP contribution < -0.4 is 20.2 Å². The van der Waals surface area contributed by atoms with Crippen LogP contribution in [0.4, 0.5) is 5.69 Å². The van der Waals surface area contributed by atoms with E-state index >= 15 is 0 Å². The number of hydrogen-bond donors (Lipinski definition) is 1. The van der Waals surface area contributed by atoms with Gasteiger partial charge < -0.3 is 9.73 Å². The van der Waals surface area contributed by atoms with Crippen LogP contribution >= 0.6 is 22.7 Å². The lowest BCUT2D eigenvalue weighted by molar-refractivity contribution is -0.113. The summed E-state index contributed by atoms with van der Waals surface area (Å²) in [6, 6.07) is 14.6. The second-order valence-corrected chi connectivity index (χ2v) is 9.80. The average molecular weight is 476 g/mol. The number of benzene rings is 1. The van der Waals surface area contributed by atoms with Crippen LogP contribution in [-0.4, -0.2) is 10.5 Å². The first-order chi connectivity index (χ1) is 15.9. The van der Waals surface area contributed by atoms with Crippen molar-refractivity contribution >= 4 is 40.3 Å². The zero-order valence-corrected chi connectivity index (χ0v) is 19.9. The molecule has 3 aromatic heterocycles. The lowest BCUT2D eigenvalue weighted by Gasteiger charge is -2.24. The van der Waals surface area contributed by atoms with Gasteiger partial charge in [0.05, 0.1) is 15.8 Å². The molecule has 0 saturated carbocycles. The number of amides is 1. The van der Waals surface area contributed by atoms with Crippen molar-refractivity contribution in [2.24, 2.45) is 4.99 Å². The van der Waals surface area contributed by atoms with Crippen molar-refractivity contribution in [1.29, 1.82) is 0 Å². The fourth-order valence-corrected chi connectivity index (χ4v) is 5.74. The molecule has 5 rings (SSSR count). The van der Waals surface area contributed by atoms with Gasteiger partial charge in [0.15, 0.2) is 4.80 Å². The standard InChI is InChI=1S/C25H21N3O3S2/c1-14-7-4-5-8-18(14)27-23(29)21-16(3)26-25-28(22(21)19-9-6-12-32-19)24(30)20(33-25)13-17-11-10-15(2)31-17/h4-13,22H,1-3H3,(H,27,29)/b20-13+/t22-/m1/s1. The van der Waals surface area contributed by atoms with Gasteiger partial charge in [0, 0.05) is 16.6 Å². The monoisotopic (exact) mass is 475 g/mol. The summed E-state index contributed by atoms with van der Waals surface area (Å²) in [5, 5.41) is 4.96. The minimum atomic E-state index is -0.550. The predicted molar refractivity (Wildman–Crippen MR) is 131 cm³/mol. The van der Waals surface area contributed by atoms with Gasteiger partial charge in [-0.3, -0.25) is 14.2 Å². The molecule has 0 spiro atoms. The van der Waals surface area contributed by atoms with Crippen molar-refractivity contribution < 1.29 is 9.21 Å². The molecule has 33 heavy (non-hydrogen) atoms. The van der Waals surface area contributed by atoms with E-state index in [0.29, 0.717) is 26.4 Å². The van der Waals surface area contributed by atoms with E-state index in [1.165, 1.54) is 22.7 Å². The van der Waals surface area contributed by atoms with Gasteiger partial charge in [-0.15, -0.1) is 11.3 Å². The molecule has 0 saturated heterocycles. The number of para-hydroxylation sites is 1. The molecular formula is C25H21N3O3S2. The number of nitrogens with one attached hydrogen (secondary N) is 1. The van der Waals surface area contributed by atoms with E-state index in [1.807, 2.05) is 74.7 Å². The molecule has 0 fully saturated rings. The highest BCUT2D eigenvalue weighted by Crippen LogP contribution is 2.33. The van der Waals surface area contributed by atoms with Crippen LogP contribution in [0.1, 0.15) is 34.9 Å². The minimum absolute atomic E-state index is 0.195. The van der Waals surface area contributed by atoms with Crippen molar-refractivity contribution in [2.75, 3.05) is 5.32 Å². The first kappa shape index (κ1) is 21.4. The summed E-state index contributed by atoms with van der Waals surface area (Å²) >= 11 is 2.81. The van der Waals surface area contributed by atoms with Gasteiger partial charge in [-0.25, -0.2) is 4.99 Å². The summed E-state index contributed by atoms with van der Waals surface area (Å²) in [7, 11) is 0. The van der Waals surface area contributed by atoms with Gasteiger partial charge >= 0.3 is 0 Å². The first-order valence-corrected chi connectivity index (χ1v) is 12.1. The van der Waals surface area contributed by atoms with Gasteiger partial charge in [-0.1, -0.05) is 35.6 Å². The van der Waals surface area contributed by atoms with Crippen LogP contribution in [0.25, 0.3) is 6.08 Å². The maximum Gasteiger partial charge on any atom is 0.271 e. The van der Waals surface area contributed by atoms with Crippen LogP contribution in [0, 0.1) is 13.8 Å². The third-order valence-corrected chi connectivity index (χ3v) is 7.41. The number of thiazole rings is 1. The molecule has 1 aromatic carbocycles. The third-order valence-electron chi connectivity index (χ3n) is 5.51. The molecule has 1 aliphatic heterocycles. The highest BCUT2D eigenvalue weighted by molar-refractivity contribution is 7.10. The van der Waals surface area contributed by atoms with E-state index in [9.17, 15) is 9.59 Å². The smallest absolute Gasteiger partial charge is 0.271 e. The van der Waals surface area contributed by atoms with Crippen molar-refractivity contribution in [3.8, 4) is 0 Å². The molecule has 6 nitrogen and oxygen atoms in total. The van der Waals surface area contributed by atoms with Crippen LogP contribution in [0.5, 0.6) is 0 Å². The number of thiophene rings is 1. The summed E-state index contributed by atoms with van der Waals surface area (Å²) in [6.45, 7) is 5.62. The Balaban J connectivity index is 1.65. The van der Waals surface area contributed by atoms with E-state index < -0.39 is 6.04 Å². The Kier molecular flexibility index (Phi) is 5.47. The minimum Gasteiger partial charge on any atom is -0.462 e. The summed E-state index contributed by atoms with van der Waals surface area (Å²) in [5.41, 5.74) is 2.57. The van der Waals surface area contributed by atoms with Gasteiger partial charge in [-0.2, -0.15) is 0 Å². The van der Waals surface area contributed by atoms with Crippen LogP contribution in [0.15, 0.2) is 79.4 Å². The highest BCUT2D eigenvalue weighted by Gasteiger charge is 2.33. The zero-order valence-electron chi connectivity index (χ0n) is 18.3. The number of nitrogens with zero attached hydrogens (tertiary/aromatic N) is 2. The number of rotatable bonds is 4. The second-order valence-electron chi connectivity index (χ2n) is 7.81. The summed E-state index contributed by atoms with van der Waals surface area (Å²) in [5.74, 6) is 1.12. The average Bonchev–Trinajstić information content (AvgIpc) is 3.51. The van der Waals surface area contributed by atoms with E-state index in [2.05, 4.69) is 10.3 Å². The maximum absolute atomic E-state index is 13.5. The number of allylic oxidation sites excluding steroid dienone is 1. The number of hydrogen-bond acceptors (Lipinski definition) is 6. The molecule has 1 atom stereocenters. The van der Waals surface area contributed by atoms with E-state index in [4.69, 9.17) is 4.42 Å². The Bertz CT molecular complexity index is 1570. The second kappa shape index (κ2) is 8.46. The molecule has 1 N–H and O–H groups in total. The molecular weight excluding hydrogens is 454 g/mol. The number of furan rings is 1. The molecule has 0 aliphatic carbocycles. The lowest BCUT2D eigenvalue weighted by Crippen LogP contribution is -2.40. The van der Waals surface area contributed by atoms with Crippen LogP contribution in [-0.2, 0) is 4.79 Å². The zero-order chi connectivity index (χ0) is 23.1. The molecule has 0 bridgehead atoms. The topological polar surface area (TPSA) is 76.6 Å². The number of carbonyl (C=O) groups is 1. The Morgan fingerprint density at radius 2 is 1.94 bits per heavy atom. The van der Waals surface area contributed by atoms with Gasteiger partial charge in [-0.05, 0) is 56.0 Å². The molecule has 1 amide bonds. The molecule has 4 aromatic rings. The molecule has 1 aliphatic rings. The van der Waals surface area contributed by atoms with Crippen LogP contribution in [0.2, 0.25) is 0 Å². The fraction of sp³-hybridized carbons (Fsp3) is 0.160. The fourth-order valence-electron chi connectivity index (χ4n) is 3.89. The number of anilines is 1. The molecule has 4 heterocycles. The van der Waals surface area contributed by atoms with Gasteiger partial charge in [0.2, 0.25) is 0 Å². The summed E-state index contributed by atoms with van der Waals surface area (Å²) < 4.78 is 7.77. The molecule has 0 radical (unpaired) electrons. The molecule has 8 heteroatoms. The Hall–Kier alpha value is -3.49. The SMILES string of the molecule is CC1=C(C(=O)Nc2ccccc2C)[C@@H](c2cccs2)n2c(s/c(=C/c3ccc(C)o3)c2=O)=N1. The summed E-state index contributed by atoms with van der Waals surface area (Å²) in [4.78, 5) is 33.1. The number of fused-ring (bicyclic) bond motifs is 1. The van der Waals surface area contributed by atoms with Crippen molar-refractivity contribution in [1.82, 2.24) is 4.57 Å². The van der Waals surface area contributed by atoms with Crippen LogP contribution in [0.3, 0.4) is 0 Å². The number of carbonyl (C=O) groups excluding carboxylic acids is 1. The maximum atomic E-state index is 13.5. The van der Waals surface area contributed by atoms with E-state index in [-0.39, 0.29) is 11.5 Å². The van der Waals surface area contributed by atoms with Crippen molar-refractivity contribution in [3.63, 3.8) is 0 Å². The van der Waals surface area contributed by atoms with E-state index in [0.717, 1.165) is 21.9 Å². The van der Waals surface area contributed by atoms with Crippen molar-refractivity contribution in [2.45, 2.75) is 26.8 Å². The first-order valence-electron chi connectivity index (χ1n) is 10.4.